The molecule has 0 saturated carbocycles. The van der Waals surface area contributed by atoms with E-state index in [1.807, 2.05) is 30.3 Å². The number of nitrogens with one attached hydrogen (secondary N) is 2. The standard InChI is InChI=1S/C26H26N2O4/c29-25(20-12-14-21(15-13-20)32-18-19-7-2-1-3-8-19)28-24-11-5-4-10-23(24)26(30)27-17-22-9-6-16-31-22/h1-5,7-8,10-15,22H,6,9,16-18H2,(H,27,30)(H,28,29). The molecule has 0 spiro atoms. The van der Waals surface area contributed by atoms with E-state index in [1.165, 1.54) is 0 Å². The minimum Gasteiger partial charge on any atom is -0.489 e. The normalized spacial score (nSPS) is 15.2. The SMILES string of the molecule is O=C(Nc1ccccc1C(=O)NCC1CCCO1)c1ccc(OCc2ccccc2)cc1. The third-order valence-corrected chi connectivity index (χ3v) is 5.30. The molecule has 1 fully saturated rings. The van der Waals surface area contributed by atoms with Crippen LogP contribution in [0.25, 0.3) is 0 Å². The second-order valence-electron chi connectivity index (χ2n) is 7.64. The summed E-state index contributed by atoms with van der Waals surface area (Å²) in [5.41, 5.74) is 2.43. The lowest BCUT2D eigenvalue weighted by Gasteiger charge is -2.14. The number of hydrogen-bond acceptors (Lipinski definition) is 4. The molecule has 32 heavy (non-hydrogen) atoms. The van der Waals surface area contributed by atoms with Gasteiger partial charge in [0.15, 0.2) is 0 Å². The first kappa shape index (κ1) is 21.6. The second kappa shape index (κ2) is 10.6. The van der Waals surface area contributed by atoms with Gasteiger partial charge < -0.3 is 20.1 Å². The molecule has 3 aromatic carbocycles. The van der Waals surface area contributed by atoms with Gasteiger partial charge in [-0.25, -0.2) is 0 Å². The molecule has 0 bridgehead atoms. The van der Waals surface area contributed by atoms with Gasteiger partial charge in [0.25, 0.3) is 11.8 Å². The van der Waals surface area contributed by atoms with Crippen LogP contribution in [0.4, 0.5) is 5.69 Å². The predicted octanol–water partition coefficient (Wildman–Crippen LogP) is 4.43. The van der Waals surface area contributed by atoms with Gasteiger partial charge in [0, 0.05) is 18.7 Å². The first-order chi connectivity index (χ1) is 15.7. The third kappa shape index (κ3) is 5.74. The average molecular weight is 431 g/mol. The number of ether oxygens (including phenoxy) is 2. The number of carbonyl (C=O) groups excluding carboxylic acids is 2. The number of carbonyl (C=O) groups is 2. The van der Waals surface area contributed by atoms with Gasteiger partial charge in [-0.1, -0.05) is 42.5 Å². The van der Waals surface area contributed by atoms with Crippen molar-refractivity contribution < 1.29 is 19.1 Å². The van der Waals surface area contributed by atoms with Crippen molar-refractivity contribution in [3.63, 3.8) is 0 Å². The molecule has 4 rings (SSSR count). The summed E-state index contributed by atoms with van der Waals surface area (Å²) in [5, 5.41) is 5.74. The van der Waals surface area contributed by atoms with Crippen LogP contribution in [0.5, 0.6) is 5.75 Å². The number of hydrogen-bond donors (Lipinski definition) is 2. The maximum atomic E-state index is 12.7. The van der Waals surface area contributed by atoms with Crippen LogP contribution in [0.15, 0.2) is 78.9 Å². The van der Waals surface area contributed by atoms with Crippen molar-refractivity contribution in [2.45, 2.75) is 25.6 Å². The van der Waals surface area contributed by atoms with E-state index in [2.05, 4.69) is 10.6 Å². The van der Waals surface area contributed by atoms with E-state index >= 15 is 0 Å². The fourth-order valence-electron chi connectivity index (χ4n) is 3.54. The molecule has 0 aromatic heterocycles. The Morgan fingerprint density at radius 1 is 0.906 bits per heavy atom. The van der Waals surface area contributed by atoms with Gasteiger partial charge in [-0.2, -0.15) is 0 Å². The smallest absolute Gasteiger partial charge is 0.255 e. The fraction of sp³-hybridized carbons (Fsp3) is 0.231. The first-order valence-electron chi connectivity index (χ1n) is 10.8. The van der Waals surface area contributed by atoms with Crippen LogP contribution >= 0.6 is 0 Å². The Labute approximate surface area is 187 Å². The van der Waals surface area contributed by atoms with E-state index in [0.717, 1.165) is 25.0 Å². The lowest BCUT2D eigenvalue weighted by Crippen LogP contribution is -2.32. The Morgan fingerprint density at radius 2 is 1.66 bits per heavy atom. The first-order valence-corrected chi connectivity index (χ1v) is 10.8. The van der Waals surface area contributed by atoms with Crippen molar-refractivity contribution >= 4 is 17.5 Å². The summed E-state index contributed by atoms with van der Waals surface area (Å²) >= 11 is 0. The van der Waals surface area contributed by atoms with Crippen LogP contribution in [0, 0.1) is 0 Å². The number of benzene rings is 3. The maximum Gasteiger partial charge on any atom is 0.255 e. The minimum atomic E-state index is -0.293. The van der Waals surface area contributed by atoms with Crippen LogP contribution in [0.2, 0.25) is 0 Å². The molecule has 1 aliphatic rings. The minimum absolute atomic E-state index is 0.0586. The lowest BCUT2D eigenvalue weighted by molar-refractivity contribution is 0.0858. The topological polar surface area (TPSA) is 76.7 Å². The number of para-hydroxylation sites is 1. The van der Waals surface area contributed by atoms with Gasteiger partial charge in [0.05, 0.1) is 17.4 Å². The van der Waals surface area contributed by atoms with E-state index in [0.29, 0.717) is 35.7 Å². The van der Waals surface area contributed by atoms with Crippen molar-refractivity contribution in [3.05, 3.63) is 95.6 Å². The molecular weight excluding hydrogens is 404 g/mol. The molecule has 0 radical (unpaired) electrons. The zero-order valence-corrected chi connectivity index (χ0v) is 17.8. The van der Waals surface area contributed by atoms with Gasteiger partial charge in [-0.3, -0.25) is 9.59 Å². The Hall–Kier alpha value is -3.64. The molecule has 1 aliphatic heterocycles. The summed E-state index contributed by atoms with van der Waals surface area (Å²) in [5.74, 6) is 0.152. The van der Waals surface area contributed by atoms with Crippen LogP contribution in [0.3, 0.4) is 0 Å². The molecule has 1 unspecified atom stereocenters. The molecule has 3 aromatic rings. The highest BCUT2D eigenvalue weighted by Gasteiger charge is 2.18. The predicted molar refractivity (Wildman–Crippen MR) is 123 cm³/mol. The van der Waals surface area contributed by atoms with Gasteiger partial charge in [0.2, 0.25) is 0 Å². The highest BCUT2D eigenvalue weighted by atomic mass is 16.5. The number of anilines is 1. The van der Waals surface area contributed by atoms with Crippen LogP contribution in [-0.4, -0.2) is 31.1 Å². The van der Waals surface area contributed by atoms with Gasteiger partial charge in [-0.05, 0) is 54.8 Å². The summed E-state index contributed by atoms with van der Waals surface area (Å²) < 4.78 is 11.3. The monoisotopic (exact) mass is 430 g/mol. The molecule has 6 nitrogen and oxygen atoms in total. The Balaban J connectivity index is 1.35. The fourth-order valence-corrected chi connectivity index (χ4v) is 3.54. The molecule has 2 N–H and O–H groups in total. The van der Waals surface area contributed by atoms with E-state index < -0.39 is 0 Å². The average Bonchev–Trinajstić information content (AvgIpc) is 3.36. The molecule has 2 amide bonds. The van der Waals surface area contributed by atoms with Gasteiger partial charge in [-0.15, -0.1) is 0 Å². The van der Waals surface area contributed by atoms with Gasteiger partial charge in [0.1, 0.15) is 12.4 Å². The van der Waals surface area contributed by atoms with E-state index in [9.17, 15) is 9.59 Å². The van der Waals surface area contributed by atoms with Crippen molar-refractivity contribution in [2.75, 3.05) is 18.5 Å². The summed E-state index contributed by atoms with van der Waals surface area (Å²) in [6.45, 7) is 1.66. The Kier molecular flexibility index (Phi) is 7.15. The van der Waals surface area contributed by atoms with Crippen LogP contribution in [-0.2, 0) is 11.3 Å². The second-order valence-corrected chi connectivity index (χ2v) is 7.64. The Morgan fingerprint density at radius 3 is 2.41 bits per heavy atom. The molecule has 1 saturated heterocycles. The summed E-state index contributed by atoms with van der Waals surface area (Å²) in [6.07, 6.45) is 2.02. The molecule has 0 aliphatic carbocycles. The van der Waals surface area contributed by atoms with Crippen molar-refractivity contribution in [2.24, 2.45) is 0 Å². The van der Waals surface area contributed by atoms with Crippen molar-refractivity contribution in [1.29, 1.82) is 0 Å². The molecule has 1 atom stereocenters. The summed E-state index contributed by atoms with van der Waals surface area (Å²) in [7, 11) is 0. The summed E-state index contributed by atoms with van der Waals surface area (Å²) in [4.78, 5) is 25.4. The van der Waals surface area contributed by atoms with Crippen molar-refractivity contribution in [3.8, 4) is 5.75 Å². The van der Waals surface area contributed by atoms with Crippen LogP contribution in [0.1, 0.15) is 39.1 Å². The molecule has 164 valence electrons. The Bertz CT molecular complexity index is 1040. The third-order valence-electron chi connectivity index (χ3n) is 5.30. The molecule has 1 heterocycles. The van der Waals surface area contributed by atoms with E-state index in [1.54, 1.807) is 48.5 Å². The zero-order valence-electron chi connectivity index (χ0n) is 17.8. The molecular formula is C26H26N2O4. The highest BCUT2D eigenvalue weighted by Crippen LogP contribution is 2.19. The molecule has 6 heteroatoms. The van der Waals surface area contributed by atoms with E-state index in [4.69, 9.17) is 9.47 Å². The van der Waals surface area contributed by atoms with Crippen molar-refractivity contribution in [1.82, 2.24) is 5.32 Å². The number of rotatable bonds is 8. The highest BCUT2D eigenvalue weighted by molar-refractivity contribution is 6.09. The maximum absolute atomic E-state index is 12.7. The van der Waals surface area contributed by atoms with Crippen LogP contribution < -0.4 is 15.4 Å². The lowest BCUT2D eigenvalue weighted by atomic mass is 10.1. The largest absolute Gasteiger partial charge is 0.489 e. The zero-order chi connectivity index (χ0) is 22.2. The summed E-state index contributed by atoms with van der Waals surface area (Å²) in [6, 6.07) is 23.8. The van der Waals surface area contributed by atoms with Gasteiger partial charge >= 0.3 is 0 Å². The number of amides is 2. The quantitative estimate of drug-likeness (QED) is 0.554. The van der Waals surface area contributed by atoms with E-state index in [-0.39, 0.29) is 17.9 Å².